The maximum absolute atomic E-state index is 13.4. The lowest BCUT2D eigenvalue weighted by Crippen LogP contribution is -2.38. The van der Waals surface area contributed by atoms with E-state index in [2.05, 4.69) is 9.97 Å². The first kappa shape index (κ1) is 15.7. The van der Waals surface area contributed by atoms with Gasteiger partial charge in [0.1, 0.15) is 5.82 Å². The number of aryl methyl sites for hydroxylation is 1. The van der Waals surface area contributed by atoms with Crippen molar-refractivity contribution in [2.24, 2.45) is 0 Å². The molecule has 1 fully saturated rings. The first-order valence-corrected chi connectivity index (χ1v) is 9.57. The fraction of sp³-hybridized carbons (Fsp3) is 0.412. The number of nitrogens with zero attached hydrogens (tertiary/aromatic N) is 3. The summed E-state index contributed by atoms with van der Waals surface area (Å²) in [5.74, 6) is 0.164. The van der Waals surface area contributed by atoms with E-state index < -0.39 is 10.0 Å². The van der Waals surface area contributed by atoms with Crippen LogP contribution in [-0.2, 0) is 23.0 Å². The standard InChI is InChI=1S/C17H18FN3O2S/c1-11-15-10-21(24(22,23)14-5-6-14)8-7-16(15)20-17(19-11)12-3-2-4-13(18)9-12/h2-4,9,14H,5-8,10H2,1H3. The second kappa shape index (κ2) is 5.60. The van der Waals surface area contributed by atoms with E-state index in [1.165, 1.54) is 12.1 Å². The van der Waals surface area contributed by atoms with Crippen molar-refractivity contribution in [3.63, 3.8) is 0 Å². The van der Waals surface area contributed by atoms with Crippen molar-refractivity contribution in [1.29, 1.82) is 0 Å². The second-order valence-electron chi connectivity index (χ2n) is 6.40. The molecular formula is C17H18FN3O2S. The van der Waals surface area contributed by atoms with Crippen LogP contribution in [0.2, 0.25) is 0 Å². The molecule has 24 heavy (non-hydrogen) atoms. The van der Waals surface area contributed by atoms with Crippen LogP contribution in [0.3, 0.4) is 0 Å². The van der Waals surface area contributed by atoms with Gasteiger partial charge in [-0.15, -0.1) is 0 Å². The van der Waals surface area contributed by atoms with E-state index >= 15 is 0 Å². The quantitative estimate of drug-likeness (QED) is 0.855. The normalized spacial score (nSPS) is 18.4. The molecule has 0 N–H and O–H groups in total. The van der Waals surface area contributed by atoms with Crippen LogP contribution >= 0.6 is 0 Å². The predicted molar refractivity (Wildman–Crippen MR) is 88.2 cm³/mol. The molecule has 1 aliphatic carbocycles. The van der Waals surface area contributed by atoms with Crippen molar-refractivity contribution in [3.05, 3.63) is 47.0 Å². The number of halogens is 1. The molecule has 0 radical (unpaired) electrons. The minimum absolute atomic E-state index is 0.202. The zero-order valence-corrected chi connectivity index (χ0v) is 14.2. The van der Waals surface area contributed by atoms with E-state index in [0.29, 0.717) is 30.9 Å². The molecule has 2 aromatic rings. The molecule has 1 aromatic carbocycles. The number of benzene rings is 1. The van der Waals surface area contributed by atoms with Crippen LogP contribution in [0.1, 0.15) is 29.8 Å². The van der Waals surface area contributed by atoms with Crippen molar-refractivity contribution in [2.75, 3.05) is 6.54 Å². The zero-order valence-electron chi connectivity index (χ0n) is 13.4. The predicted octanol–water partition coefficient (Wildman–Crippen LogP) is 2.44. The molecule has 0 amide bonds. The van der Waals surface area contributed by atoms with Gasteiger partial charge in [-0.3, -0.25) is 0 Å². The van der Waals surface area contributed by atoms with E-state index in [4.69, 9.17) is 0 Å². The Morgan fingerprint density at radius 2 is 2.04 bits per heavy atom. The monoisotopic (exact) mass is 347 g/mol. The van der Waals surface area contributed by atoms with Gasteiger partial charge in [0.15, 0.2) is 5.82 Å². The summed E-state index contributed by atoms with van der Waals surface area (Å²) < 4.78 is 39.9. The molecule has 1 aliphatic heterocycles. The molecule has 0 saturated heterocycles. The van der Waals surface area contributed by atoms with Gasteiger partial charge < -0.3 is 0 Å². The fourth-order valence-corrected chi connectivity index (χ4v) is 4.91. The number of hydrogen-bond acceptors (Lipinski definition) is 4. The third-order valence-corrected chi connectivity index (χ3v) is 6.97. The summed E-state index contributed by atoms with van der Waals surface area (Å²) in [4.78, 5) is 9.04. The summed E-state index contributed by atoms with van der Waals surface area (Å²) in [7, 11) is -3.19. The summed E-state index contributed by atoms with van der Waals surface area (Å²) in [6, 6.07) is 6.20. The Bertz CT molecular complexity index is 910. The summed E-state index contributed by atoms with van der Waals surface area (Å²) in [5.41, 5.74) is 3.14. The average Bonchev–Trinajstić information content (AvgIpc) is 3.40. The van der Waals surface area contributed by atoms with Crippen LogP contribution in [0.4, 0.5) is 4.39 Å². The lowest BCUT2D eigenvalue weighted by Gasteiger charge is -2.28. The molecule has 2 aliphatic rings. The van der Waals surface area contributed by atoms with Crippen LogP contribution in [0.5, 0.6) is 0 Å². The molecule has 5 nitrogen and oxygen atoms in total. The van der Waals surface area contributed by atoms with Gasteiger partial charge in [-0.25, -0.2) is 22.8 Å². The van der Waals surface area contributed by atoms with Crippen molar-refractivity contribution in [2.45, 2.75) is 38.0 Å². The molecule has 0 spiro atoms. The van der Waals surface area contributed by atoms with Crippen molar-refractivity contribution in [1.82, 2.24) is 14.3 Å². The number of aromatic nitrogens is 2. The molecule has 4 rings (SSSR count). The second-order valence-corrected chi connectivity index (χ2v) is 8.61. The van der Waals surface area contributed by atoms with E-state index in [1.807, 2.05) is 6.92 Å². The van der Waals surface area contributed by atoms with Gasteiger partial charge in [0.2, 0.25) is 10.0 Å². The Hall–Kier alpha value is -1.86. The molecular weight excluding hydrogens is 329 g/mol. The smallest absolute Gasteiger partial charge is 0.217 e. The van der Waals surface area contributed by atoms with Crippen LogP contribution in [-0.4, -0.2) is 34.5 Å². The molecule has 7 heteroatoms. The first-order valence-electron chi connectivity index (χ1n) is 8.06. The lowest BCUT2D eigenvalue weighted by atomic mass is 10.1. The maximum atomic E-state index is 13.4. The number of sulfonamides is 1. The van der Waals surface area contributed by atoms with Crippen molar-refractivity contribution >= 4 is 10.0 Å². The van der Waals surface area contributed by atoms with Crippen LogP contribution in [0.25, 0.3) is 11.4 Å². The van der Waals surface area contributed by atoms with Crippen LogP contribution in [0.15, 0.2) is 24.3 Å². The molecule has 1 aromatic heterocycles. The Labute approximate surface area is 140 Å². The fourth-order valence-electron chi connectivity index (χ4n) is 3.10. The molecule has 2 heterocycles. The Balaban J connectivity index is 1.68. The van der Waals surface area contributed by atoms with Gasteiger partial charge in [0, 0.05) is 36.3 Å². The minimum Gasteiger partial charge on any atom is -0.233 e. The largest absolute Gasteiger partial charge is 0.233 e. The van der Waals surface area contributed by atoms with Crippen molar-refractivity contribution in [3.8, 4) is 11.4 Å². The van der Waals surface area contributed by atoms with Gasteiger partial charge in [-0.1, -0.05) is 12.1 Å². The highest BCUT2D eigenvalue weighted by molar-refractivity contribution is 7.90. The number of fused-ring (bicyclic) bond motifs is 1. The molecule has 126 valence electrons. The van der Waals surface area contributed by atoms with Gasteiger partial charge in [-0.2, -0.15) is 4.31 Å². The minimum atomic E-state index is -3.19. The van der Waals surface area contributed by atoms with E-state index in [0.717, 1.165) is 29.8 Å². The number of hydrogen-bond donors (Lipinski definition) is 0. The summed E-state index contributed by atoms with van der Waals surface area (Å²) in [6.07, 6.45) is 2.09. The zero-order chi connectivity index (χ0) is 16.9. The van der Waals surface area contributed by atoms with Gasteiger partial charge >= 0.3 is 0 Å². The maximum Gasteiger partial charge on any atom is 0.217 e. The average molecular weight is 347 g/mol. The van der Waals surface area contributed by atoms with E-state index in [1.54, 1.807) is 16.4 Å². The van der Waals surface area contributed by atoms with Crippen molar-refractivity contribution < 1.29 is 12.8 Å². The Morgan fingerprint density at radius 3 is 2.75 bits per heavy atom. The van der Waals surface area contributed by atoms with Gasteiger partial charge in [0.05, 0.1) is 10.9 Å². The SMILES string of the molecule is Cc1nc(-c2cccc(F)c2)nc2c1CN(S(=O)(=O)C1CC1)CC2. The summed E-state index contributed by atoms with van der Waals surface area (Å²) in [6.45, 7) is 2.64. The molecule has 0 bridgehead atoms. The Morgan fingerprint density at radius 1 is 1.25 bits per heavy atom. The van der Waals surface area contributed by atoms with E-state index in [-0.39, 0.29) is 11.1 Å². The molecule has 0 unspecified atom stereocenters. The third kappa shape index (κ3) is 2.71. The molecule has 0 atom stereocenters. The lowest BCUT2D eigenvalue weighted by molar-refractivity contribution is 0.385. The van der Waals surface area contributed by atoms with E-state index in [9.17, 15) is 12.8 Å². The van der Waals surface area contributed by atoms with Gasteiger partial charge in [-0.05, 0) is 31.9 Å². The highest BCUT2D eigenvalue weighted by Crippen LogP contribution is 2.34. The van der Waals surface area contributed by atoms with Gasteiger partial charge in [0.25, 0.3) is 0 Å². The molecule has 1 saturated carbocycles. The first-order chi connectivity index (χ1) is 11.4. The highest BCUT2D eigenvalue weighted by atomic mass is 32.2. The summed E-state index contributed by atoms with van der Waals surface area (Å²) in [5, 5.41) is -0.202. The third-order valence-electron chi connectivity index (χ3n) is 4.62. The highest BCUT2D eigenvalue weighted by Gasteiger charge is 2.41. The van der Waals surface area contributed by atoms with Crippen LogP contribution in [0, 0.1) is 12.7 Å². The topological polar surface area (TPSA) is 63.2 Å². The van der Waals surface area contributed by atoms with Crippen LogP contribution < -0.4 is 0 Å². The Kier molecular flexibility index (Phi) is 3.65. The summed E-state index contributed by atoms with van der Waals surface area (Å²) >= 11 is 0. The number of rotatable bonds is 3.